The summed E-state index contributed by atoms with van der Waals surface area (Å²) < 4.78 is 18.3. The minimum absolute atomic E-state index is 0.144. The van der Waals surface area contributed by atoms with E-state index in [9.17, 15) is 9.18 Å². The molecule has 0 fully saturated rings. The molecule has 2 N–H and O–H groups in total. The van der Waals surface area contributed by atoms with E-state index in [4.69, 9.17) is 9.84 Å². The Hall–Kier alpha value is -1.90. The molecule has 0 aliphatic heterocycles. The second-order valence-corrected chi connectivity index (χ2v) is 4.18. The number of halogens is 1. The summed E-state index contributed by atoms with van der Waals surface area (Å²) in [6.07, 6.45) is 0.701. The van der Waals surface area contributed by atoms with Crippen molar-refractivity contribution in [3.63, 3.8) is 0 Å². The summed E-state index contributed by atoms with van der Waals surface area (Å²) in [5, 5.41) is 11.5. The van der Waals surface area contributed by atoms with Crippen molar-refractivity contribution < 1.29 is 19.0 Å². The van der Waals surface area contributed by atoms with Crippen molar-refractivity contribution in [1.29, 1.82) is 0 Å². The molecule has 5 heteroatoms. The van der Waals surface area contributed by atoms with Gasteiger partial charge in [0.15, 0.2) is 0 Å². The van der Waals surface area contributed by atoms with E-state index in [0.29, 0.717) is 18.6 Å². The van der Waals surface area contributed by atoms with Gasteiger partial charge in [0.25, 0.3) is 5.91 Å². The SMILES string of the molecule is CCC(COC)NC(=O)c1cc(F)ccc1C#CCO. The monoisotopic (exact) mass is 279 g/mol. The molecule has 0 saturated heterocycles. The summed E-state index contributed by atoms with van der Waals surface area (Å²) in [6, 6.07) is 3.64. The third kappa shape index (κ3) is 4.65. The van der Waals surface area contributed by atoms with E-state index < -0.39 is 11.7 Å². The van der Waals surface area contributed by atoms with Crippen molar-refractivity contribution in [3.05, 3.63) is 35.1 Å². The maximum absolute atomic E-state index is 13.3. The number of rotatable bonds is 5. The van der Waals surface area contributed by atoms with Gasteiger partial charge in [-0.1, -0.05) is 18.8 Å². The van der Waals surface area contributed by atoms with Crippen LogP contribution in [0, 0.1) is 17.7 Å². The summed E-state index contributed by atoms with van der Waals surface area (Å²) in [5.74, 6) is 4.17. The van der Waals surface area contributed by atoms with Crippen LogP contribution < -0.4 is 5.32 Å². The number of carbonyl (C=O) groups excluding carboxylic acids is 1. The molecule has 1 aromatic carbocycles. The van der Waals surface area contributed by atoms with E-state index in [1.54, 1.807) is 7.11 Å². The van der Waals surface area contributed by atoms with E-state index in [1.165, 1.54) is 12.1 Å². The predicted molar refractivity (Wildman–Crippen MR) is 73.8 cm³/mol. The topological polar surface area (TPSA) is 58.6 Å². The van der Waals surface area contributed by atoms with Gasteiger partial charge in [0.1, 0.15) is 12.4 Å². The summed E-state index contributed by atoms with van der Waals surface area (Å²) in [4.78, 5) is 12.2. The van der Waals surface area contributed by atoms with Gasteiger partial charge in [-0.25, -0.2) is 4.39 Å². The highest BCUT2D eigenvalue weighted by molar-refractivity contribution is 5.97. The lowest BCUT2D eigenvalue weighted by Crippen LogP contribution is -2.37. The van der Waals surface area contributed by atoms with Gasteiger partial charge in [-0.15, -0.1) is 0 Å². The molecule has 1 unspecified atom stereocenters. The Morgan fingerprint density at radius 3 is 2.90 bits per heavy atom. The van der Waals surface area contributed by atoms with Crippen LogP contribution in [-0.4, -0.2) is 37.4 Å². The first-order chi connectivity index (χ1) is 9.62. The summed E-state index contributed by atoms with van der Waals surface area (Å²) in [5.41, 5.74) is 0.533. The number of aliphatic hydroxyl groups is 1. The summed E-state index contributed by atoms with van der Waals surface area (Å²) in [6.45, 7) is 1.98. The molecule has 1 amide bonds. The zero-order valence-corrected chi connectivity index (χ0v) is 11.6. The molecule has 1 atom stereocenters. The van der Waals surface area contributed by atoms with Gasteiger partial charge in [-0.05, 0) is 24.6 Å². The molecule has 0 radical (unpaired) electrons. The van der Waals surface area contributed by atoms with Crippen molar-refractivity contribution in [1.82, 2.24) is 5.32 Å². The minimum atomic E-state index is -0.510. The third-order valence-electron chi connectivity index (χ3n) is 2.72. The van der Waals surface area contributed by atoms with Crippen LogP contribution in [0.25, 0.3) is 0 Å². The molecule has 0 bridgehead atoms. The molecule has 20 heavy (non-hydrogen) atoms. The van der Waals surface area contributed by atoms with Crippen LogP contribution in [0.1, 0.15) is 29.3 Å². The Morgan fingerprint density at radius 2 is 2.30 bits per heavy atom. The number of carbonyl (C=O) groups is 1. The fourth-order valence-electron chi connectivity index (χ4n) is 1.67. The number of ether oxygens (including phenoxy) is 1. The Bertz CT molecular complexity index is 520. The average Bonchev–Trinajstić information content (AvgIpc) is 2.45. The maximum atomic E-state index is 13.3. The standard InChI is InChI=1S/C15H18FNO3/c1-3-13(10-20-2)17-15(19)14-9-12(16)7-6-11(14)5-4-8-18/h6-7,9,13,18H,3,8,10H2,1-2H3,(H,17,19). The first-order valence-corrected chi connectivity index (χ1v) is 6.31. The highest BCUT2D eigenvalue weighted by Gasteiger charge is 2.15. The lowest BCUT2D eigenvalue weighted by atomic mass is 10.1. The normalized spacial score (nSPS) is 11.4. The molecule has 0 aliphatic rings. The van der Waals surface area contributed by atoms with Gasteiger partial charge in [0.05, 0.1) is 18.2 Å². The van der Waals surface area contributed by atoms with Crippen molar-refractivity contribution >= 4 is 5.91 Å². The molecule has 0 aromatic heterocycles. The van der Waals surface area contributed by atoms with Gasteiger partial charge >= 0.3 is 0 Å². The second kappa shape index (κ2) is 8.31. The number of hydrogen-bond acceptors (Lipinski definition) is 3. The molecule has 0 aliphatic carbocycles. The van der Waals surface area contributed by atoms with Crippen LogP contribution in [-0.2, 0) is 4.74 Å². The zero-order chi connectivity index (χ0) is 15.0. The van der Waals surface area contributed by atoms with Crippen molar-refractivity contribution in [2.75, 3.05) is 20.3 Å². The number of benzene rings is 1. The number of amides is 1. The number of nitrogens with one attached hydrogen (secondary N) is 1. The molecule has 108 valence electrons. The Morgan fingerprint density at radius 1 is 1.55 bits per heavy atom. The van der Waals surface area contributed by atoms with Gasteiger partial charge in [0, 0.05) is 12.7 Å². The minimum Gasteiger partial charge on any atom is -0.384 e. The van der Waals surface area contributed by atoms with Gasteiger partial charge in [-0.3, -0.25) is 4.79 Å². The van der Waals surface area contributed by atoms with Crippen LogP contribution in [0.2, 0.25) is 0 Å². The smallest absolute Gasteiger partial charge is 0.252 e. The fraction of sp³-hybridized carbons (Fsp3) is 0.400. The van der Waals surface area contributed by atoms with E-state index >= 15 is 0 Å². The van der Waals surface area contributed by atoms with E-state index in [0.717, 1.165) is 6.07 Å². The summed E-state index contributed by atoms with van der Waals surface area (Å²) in [7, 11) is 1.55. The van der Waals surface area contributed by atoms with Crippen molar-refractivity contribution in [2.45, 2.75) is 19.4 Å². The van der Waals surface area contributed by atoms with E-state index in [-0.39, 0.29) is 18.2 Å². The lowest BCUT2D eigenvalue weighted by molar-refractivity contribution is 0.0894. The van der Waals surface area contributed by atoms with Crippen LogP contribution in [0.4, 0.5) is 4.39 Å². The second-order valence-electron chi connectivity index (χ2n) is 4.18. The van der Waals surface area contributed by atoms with Crippen LogP contribution >= 0.6 is 0 Å². The fourth-order valence-corrected chi connectivity index (χ4v) is 1.67. The van der Waals surface area contributed by atoms with Crippen LogP contribution in [0.5, 0.6) is 0 Å². The molecule has 0 saturated carbocycles. The maximum Gasteiger partial charge on any atom is 0.252 e. The zero-order valence-electron chi connectivity index (χ0n) is 11.6. The Balaban J connectivity index is 2.98. The summed E-state index contributed by atoms with van der Waals surface area (Å²) >= 11 is 0. The predicted octanol–water partition coefficient (Wildman–Crippen LogP) is 1.32. The van der Waals surface area contributed by atoms with Crippen molar-refractivity contribution in [3.8, 4) is 11.8 Å². The molecular formula is C15H18FNO3. The van der Waals surface area contributed by atoms with E-state index in [1.807, 2.05) is 6.92 Å². The average molecular weight is 279 g/mol. The van der Waals surface area contributed by atoms with Crippen molar-refractivity contribution in [2.24, 2.45) is 0 Å². The lowest BCUT2D eigenvalue weighted by Gasteiger charge is -2.16. The molecule has 1 rings (SSSR count). The molecule has 1 aromatic rings. The third-order valence-corrected chi connectivity index (χ3v) is 2.72. The number of methoxy groups -OCH3 is 1. The van der Waals surface area contributed by atoms with E-state index in [2.05, 4.69) is 17.2 Å². The highest BCUT2D eigenvalue weighted by atomic mass is 19.1. The number of hydrogen-bond donors (Lipinski definition) is 2. The first-order valence-electron chi connectivity index (χ1n) is 6.31. The van der Waals surface area contributed by atoms with Gasteiger partial charge < -0.3 is 15.2 Å². The Kier molecular flexibility index (Phi) is 6.71. The molecular weight excluding hydrogens is 261 g/mol. The van der Waals surface area contributed by atoms with Crippen LogP contribution in [0.15, 0.2) is 18.2 Å². The molecule has 0 heterocycles. The van der Waals surface area contributed by atoms with Crippen LogP contribution in [0.3, 0.4) is 0 Å². The largest absolute Gasteiger partial charge is 0.384 e. The Labute approximate surface area is 117 Å². The molecule has 4 nitrogen and oxygen atoms in total. The van der Waals surface area contributed by atoms with Gasteiger partial charge in [-0.2, -0.15) is 0 Å². The molecule has 0 spiro atoms. The first kappa shape index (κ1) is 16.2. The quantitative estimate of drug-likeness (QED) is 0.799. The highest BCUT2D eigenvalue weighted by Crippen LogP contribution is 2.11. The number of aliphatic hydroxyl groups excluding tert-OH is 1. The van der Waals surface area contributed by atoms with Gasteiger partial charge in [0.2, 0.25) is 0 Å².